The number of carbonyl (C=O) groups excluding carboxylic acids is 1. The highest BCUT2D eigenvalue weighted by Gasteiger charge is 2.17. The monoisotopic (exact) mass is 405 g/mol. The second-order valence-electron chi connectivity index (χ2n) is 5.91. The molecule has 0 aliphatic carbocycles. The Morgan fingerprint density at radius 2 is 1.79 bits per heavy atom. The predicted octanol–water partition coefficient (Wildman–Crippen LogP) is 5.92. The van der Waals surface area contributed by atoms with Crippen LogP contribution >= 0.6 is 11.6 Å². The molecule has 0 atom stereocenters. The lowest BCUT2D eigenvalue weighted by molar-refractivity contribution is -0.0503. The summed E-state index contributed by atoms with van der Waals surface area (Å²) in [7, 11) is 0. The van der Waals surface area contributed by atoms with Crippen LogP contribution in [0.2, 0.25) is 5.02 Å². The van der Waals surface area contributed by atoms with E-state index in [1.807, 2.05) is 30.3 Å². The number of benzene rings is 3. The molecule has 0 spiro atoms. The molecule has 28 heavy (non-hydrogen) atoms. The van der Waals surface area contributed by atoms with E-state index in [4.69, 9.17) is 11.6 Å². The zero-order valence-corrected chi connectivity index (χ0v) is 15.2. The van der Waals surface area contributed by atoms with E-state index < -0.39 is 18.3 Å². The van der Waals surface area contributed by atoms with Crippen molar-refractivity contribution in [3.63, 3.8) is 0 Å². The molecule has 0 radical (unpaired) electrons. The van der Waals surface area contributed by atoms with Crippen LogP contribution in [0, 0.1) is 5.82 Å². The number of amides is 1. The third-order valence-corrected chi connectivity index (χ3v) is 4.28. The van der Waals surface area contributed by atoms with Gasteiger partial charge in [-0.05, 0) is 35.9 Å². The summed E-state index contributed by atoms with van der Waals surface area (Å²) in [5.74, 6) is -1.50. The summed E-state index contributed by atoms with van der Waals surface area (Å²) in [6.07, 6.45) is 0.313. The van der Waals surface area contributed by atoms with Gasteiger partial charge in [0, 0.05) is 17.7 Å². The van der Waals surface area contributed by atoms with E-state index in [1.165, 1.54) is 30.3 Å². The van der Waals surface area contributed by atoms with E-state index in [0.29, 0.717) is 17.7 Å². The summed E-state index contributed by atoms with van der Waals surface area (Å²) < 4.78 is 43.9. The van der Waals surface area contributed by atoms with Crippen LogP contribution < -0.4 is 10.1 Å². The lowest BCUT2D eigenvalue weighted by Gasteiger charge is -2.14. The van der Waals surface area contributed by atoms with Gasteiger partial charge in [-0.2, -0.15) is 8.78 Å². The molecule has 0 aliphatic heterocycles. The molecule has 1 amide bonds. The van der Waals surface area contributed by atoms with Gasteiger partial charge in [0.05, 0.1) is 10.6 Å². The molecule has 3 rings (SSSR count). The zero-order chi connectivity index (χ0) is 20.1. The first-order chi connectivity index (χ1) is 13.4. The van der Waals surface area contributed by atoms with E-state index in [9.17, 15) is 18.0 Å². The second kappa shape index (κ2) is 8.80. The number of hydrogen-bond donors (Lipinski definition) is 1. The molecule has 144 valence electrons. The van der Waals surface area contributed by atoms with Crippen LogP contribution in [0.25, 0.3) is 0 Å². The largest absolute Gasteiger partial charge is 0.435 e. The van der Waals surface area contributed by atoms with E-state index in [1.54, 1.807) is 0 Å². The van der Waals surface area contributed by atoms with Crippen LogP contribution in [0.4, 0.5) is 18.9 Å². The number of rotatable bonds is 6. The molecule has 0 heterocycles. The van der Waals surface area contributed by atoms with E-state index in [2.05, 4.69) is 10.1 Å². The average molecular weight is 406 g/mol. The van der Waals surface area contributed by atoms with Gasteiger partial charge in [-0.25, -0.2) is 4.39 Å². The molecule has 0 unspecified atom stereocenters. The van der Waals surface area contributed by atoms with Crippen molar-refractivity contribution in [1.82, 2.24) is 0 Å². The maximum atomic E-state index is 13.9. The van der Waals surface area contributed by atoms with Gasteiger partial charge in [-0.1, -0.05) is 48.0 Å². The van der Waals surface area contributed by atoms with Crippen molar-refractivity contribution in [1.29, 1.82) is 0 Å². The quantitative estimate of drug-likeness (QED) is 0.552. The third kappa shape index (κ3) is 4.84. The van der Waals surface area contributed by atoms with Gasteiger partial charge in [0.1, 0.15) is 11.6 Å². The molecular formula is C21H15ClF3NO2. The number of halogens is 4. The van der Waals surface area contributed by atoms with Crippen LogP contribution in [0.3, 0.4) is 0 Å². The fourth-order valence-corrected chi connectivity index (χ4v) is 2.98. The van der Waals surface area contributed by atoms with Gasteiger partial charge in [0.15, 0.2) is 0 Å². The van der Waals surface area contributed by atoms with E-state index >= 15 is 0 Å². The minimum atomic E-state index is -2.98. The number of ether oxygens (including phenoxy) is 1. The molecular weight excluding hydrogens is 391 g/mol. The lowest BCUT2D eigenvalue weighted by Crippen LogP contribution is -2.15. The maximum absolute atomic E-state index is 13.9. The van der Waals surface area contributed by atoms with Crippen molar-refractivity contribution < 1.29 is 22.7 Å². The Kier molecular flexibility index (Phi) is 6.21. The fraction of sp³-hybridized carbons (Fsp3) is 0.0952. The molecule has 3 aromatic rings. The normalized spacial score (nSPS) is 10.8. The first-order valence-corrected chi connectivity index (χ1v) is 8.69. The summed E-state index contributed by atoms with van der Waals surface area (Å²) >= 11 is 5.91. The van der Waals surface area contributed by atoms with Gasteiger partial charge in [-0.3, -0.25) is 4.79 Å². The number of anilines is 1. The highest BCUT2D eigenvalue weighted by Crippen LogP contribution is 2.28. The SMILES string of the molecule is O=C(Nc1ccc(OC(F)F)c(Cc2ccccc2)c1)c1c(F)cccc1Cl. The minimum Gasteiger partial charge on any atom is -0.435 e. The Balaban J connectivity index is 1.89. The molecule has 0 aromatic heterocycles. The highest BCUT2D eigenvalue weighted by molar-refractivity contribution is 6.34. The van der Waals surface area contributed by atoms with Crippen LogP contribution in [0.5, 0.6) is 5.75 Å². The Bertz CT molecular complexity index is 960. The first kappa shape index (κ1) is 19.8. The Morgan fingerprint density at radius 3 is 2.46 bits per heavy atom. The Hall–Kier alpha value is -2.99. The molecule has 3 aromatic carbocycles. The lowest BCUT2D eigenvalue weighted by atomic mass is 10.0. The second-order valence-corrected chi connectivity index (χ2v) is 6.32. The zero-order valence-electron chi connectivity index (χ0n) is 14.5. The molecule has 0 bridgehead atoms. The molecule has 1 N–H and O–H groups in total. The molecule has 3 nitrogen and oxygen atoms in total. The fourth-order valence-electron chi connectivity index (χ4n) is 2.73. The summed E-state index contributed by atoms with van der Waals surface area (Å²) in [5.41, 5.74) is 1.34. The number of nitrogens with one attached hydrogen (secondary N) is 1. The Morgan fingerprint density at radius 1 is 1.04 bits per heavy atom. The van der Waals surface area contributed by atoms with Crippen molar-refractivity contribution in [2.45, 2.75) is 13.0 Å². The molecule has 0 aliphatic rings. The van der Waals surface area contributed by atoms with Crippen LogP contribution in [-0.2, 0) is 6.42 Å². The van der Waals surface area contributed by atoms with Crippen molar-refractivity contribution in [2.24, 2.45) is 0 Å². The van der Waals surface area contributed by atoms with Crippen LogP contribution in [-0.4, -0.2) is 12.5 Å². The van der Waals surface area contributed by atoms with Crippen molar-refractivity contribution in [2.75, 3.05) is 5.32 Å². The number of alkyl halides is 2. The first-order valence-electron chi connectivity index (χ1n) is 8.31. The van der Waals surface area contributed by atoms with Crippen molar-refractivity contribution in [3.05, 3.63) is 94.3 Å². The van der Waals surface area contributed by atoms with E-state index in [0.717, 1.165) is 11.6 Å². The predicted molar refractivity (Wildman–Crippen MR) is 102 cm³/mol. The molecule has 0 saturated carbocycles. The van der Waals surface area contributed by atoms with E-state index in [-0.39, 0.29) is 16.3 Å². The summed E-state index contributed by atoms with van der Waals surface area (Å²) in [4.78, 5) is 12.4. The van der Waals surface area contributed by atoms with Gasteiger partial charge in [0.2, 0.25) is 0 Å². The number of hydrogen-bond acceptors (Lipinski definition) is 2. The Labute approximate surface area is 164 Å². The smallest absolute Gasteiger partial charge is 0.387 e. The standard InChI is InChI=1S/C21H15ClF3NO2/c22-16-7-4-8-17(23)19(16)20(27)26-15-9-10-18(28-21(24)25)14(12-15)11-13-5-2-1-3-6-13/h1-10,12,21H,11H2,(H,26,27). The van der Waals surface area contributed by atoms with Gasteiger partial charge < -0.3 is 10.1 Å². The van der Waals surface area contributed by atoms with Crippen molar-refractivity contribution in [3.8, 4) is 5.75 Å². The van der Waals surface area contributed by atoms with Gasteiger partial charge in [-0.15, -0.1) is 0 Å². The van der Waals surface area contributed by atoms with Crippen LogP contribution in [0.15, 0.2) is 66.7 Å². The summed E-state index contributed by atoms with van der Waals surface area (Å²) in [6, 6.07) is 17.4. The molecule has 0 saturated heterocycles. The molecule has 7 heteroatoms. The maximum Gasteiger partial charge on any atom is 0.387 e. The minimum absolute atomic E-state index is 0.000719. The average Bonchev–Trinajstić information content (AvgIpc) is 2.64. The van der Waals surface area contributed by atoms with Crippen LogP contribution in [0.1, 0.15) is 21.5 Å². The topological polar surface area (TPSA) is 38.3 Å². The summed E-state index contributed by atoms with van der Waals surface area (Å²) in [5, 5.41) is 2.51. The van der Waals surface area contributed by atoms with Crippen molar-refractivity contribution >= 4 is 23.2 Å². The number of carbonyl (C=O) groups is 1. The summed E-state index contributed by atoms with van der Waals surface area (Å²) in [6.45, 7) is -2.98. The third-order valence-electron chi connectivity index (χ3n) is 3.96. The van der Waals surface area contributed by atoms with Gasteiger partial charge in [0.25, 0.3) is 5.91 Å². The van der Waals surface area contributed by atoms with Gasteiger partial charge >= 0.3 is 6.61 Å². The highest BCUT2D eigenvalue weighted by atomic mass is 35.5. The molecule has 0 fully saturated rings.